The molecular formula is C15H29N2O2P. The fourth-order valence-corrected chi connectivity index (χ4v) is 4.94. The Morgan fingerprint density at radius 3 is 2.05 bits per heavy atom. The Kier molecular flexibility index (Phi) is 5.46. The summed E-state index contributed by atoms with van der Waals surface area (Å²) >= 11 is 0. The molecule has 0 aromatic heterocycles. The number of hydrogen-bond donors (Lipinski definition) is 0. The summed E-state index contributed by atoms with van der Waals surface area (Å²) in [7, 11) is -2.88. The highest BCUT2D eigenvalue weighted by Gasteiger charge is 2.46. The lowest BCUT2D eigenvalue weighted by Crippen LogP contribution is -2.39. The minimum atomic E-state index is -2.88. The molecule has 0 N–H and O–H groups in total. The smallest absolute Gasteiger partial charge is 0.277 e. The van der Waals surface area contributed by atoms with Crippen molar-refractivity contribution in [2.45, 2.75) is 65.6 Å². The first-order chi connectivity index (χ1) is 8.99. The highest BCUT2D eigenvalue weighted by molar-refractivity contribution is 7.58. The average molecular weight is 300 g/mol. The van der Waals surface area contributed by atoms with E-state index in [4.69, 9.17) is 11.1 Å². The largest absolute Gasteiger partial charge is 0.316 e. The van der Waals surface area contributed by atoms with Crippen molar-refractivity contribution in [1.82, 2.24) is 4.67 Å². The number of nitrogens with zero attached hydrogens (tertiary/aromatic N) is 2. The number of hydrogen-bond acceptors (Lipinski definition) is 2. The molecule has 1 heterocycles. The van der Waals surface area contributed by atoms with Gasteiger partial charge < -0.3 is 9.37 Å². The molecule has 4 nitrogen and oxygen atoms in total. The van der Waals surface area contributed by atoms with Gasteiger partial charge in [0.05, 0.1) is 11.8 Å². The monoisotopic (exact) mass is 300 g/mol. The van der Waals surface area contributed by atoms with Crippen molar-refractivity contribution in [3.8, 4) is 0 Å². The topological polar surface area (TPSA) is 33.9 Å². The molecule has 0 radical (unpaired) electrons. The van der Waals surface area contributed by atoms with Gasteiger partial charge in [0.15, 0.2) is 0 Å². The maximum Gasteiger partial charge on any atom is 0.277 e. The van der Waals surface area contributed by atoms with Crippen LogP contribution in [0.2, 0.25) is 0 Å². The van der Waals surface area contributed by atoms with E-state index in [0.29, 0.717) is 19.7 Å². The summed E-state index contributed by atoms with van der Waals surface area (Å²) < 4.78 is 21.4. The number of rotatable bonds is 3. The van der Waals surface area contributed by atoms with E-state index < -0.39 is 12.7 Å². The fraction of sp³-hybridized carbons (Fsp3) is 0.933. The lowest BCUT2D eigenvalue weighted by molar-refractivity contribution is 0.162. The van der Waals surface area contributed by atoms with Crippen LogP contribution in [0.15, 0.2) is 0 Å². The van der Waals surface area contributed by atoms with E-state index in [1.807, 2.05) is 25.4 Å². The van der Waals surface area contributed by atoms with Gasteiger partial charge >= 0.3 is 0 Å². The molecule has 0 amide bonds. The Hall–Kier alpha value is -0.360. The second kappa shape index (κ2) is 6.18. The van der Waals surface area contributed by atoms with Crippen molar-refractivity contribution >= 4 is 7.52 Å². The van der Waals surface area contributed by atoms with Crippen molar-refractivity contribution in [3.63, 3.8) is 0 Å². The van der Waals surface area contributed by atoms with Gasteiger partial charge in [-0.25, -0.2) is 11.2 Å². The molecule has 1 unspecified atom stereocenters. The van der Waals surface area contributed by atoms with E-state index in [-0.39, 0.29) is 11.5 Å². The van der Waals surface area contributed by atoms with Crippen molar-refractivity contribution in [1.29, 1.82) is 0 Å². The molecule has 0 spiro atoms. The summed E-state index contributed by atoms with van der Waals surface area (Å²) in [6, 6.07) is 0.0854. The summed E-state index contributed by atoms with van der Waals surface area (Å²) in [5.74, 6) is 0. The second-order valence-corrected chi connectivity index (χ2v) is 11.0. The van der Waals surface area contributed by atoms with Crippen LogP contribution in [-0.4, -0.2) is 35.6 Å². The first-order valence-corrected chi connectivity index (χ1v) is 8.94. The molecule has 1 aliphatic heterocycles. The molecule has 0 aromatic rings. The molecule has 1 rings (SSSR count). The van der Waals surface area contributed by atoms with Gasteiger partial charge in [-0.3, -0.25) is 4.57 Å². The second-order valence-electron chi connectivity index (χ2n) is 7.84. The highest BCUT2D eigenvalue weighted by Crippen LogP contribution is 2.62. The van der Waals surface area contributed by atoms with Crippen LogP contribution in [0, 0.1) is 12.0 Å². The van der Waals surface area contributed by atoms with Gasteiger partial charge in [0.2, 0.25) is 6.04 Å². The quantitative estimate of drug-likeness (QED) is 0.571. The van der Waals surface area contributed by atoms with Crippen molar-refractivity contribution in [2.75, 3.05) is 19.7 Å². The molecular weight excluding hydrogens is 271 g/mol. The molecule has 0 aromatic carbocycles. The van der Waals surface area contributed by atoms with E-state index in [1.54, 1.807) is 0 Å². The SMILES string of the molecule is [C-]#[N+]C1CCN(P(=O)(OCC(C)(C)C)C(C)(C)C)CC1. The minimum Gasteiger partial charge on any atom is -0.316 e. The minimum absolute atomic E-state index is 0.00422. The standard InChI is InChI=1S/C15H29N2O2P/c1-14(2,3)12-19-20(18,15(4,5)6)17-10-8-13(16-7)9-11-17/h13H,8-12H2,1-6H3. The zero-order valence-electron chi connectivity index (χ0n) is 13.8. The Balaban J connectivity index is 2.86. The summed E-state index contributed by atoms with van der Waals surface area (Å²) in [5, 5.41) is -0.400. The predicted octanol–water partition coefficient (Wildman–Crippen LogP) is 4.42. The van der Waals surface area contributed by atoms with Gasteiger partial charge in [-0.1, -0.05) is 20.8 Å². The Bertz CT molecular complexity index is 407. The highest BCUT2D eigenvalue weighted by atomic mass is 31.2. The van der Waals surface area contributed by atoms with Gasteiger partial charge in [-0.05, 0) is 26.2 Å². The zero-order chi connectivity index (χ0) is 15.6. The molecule has 1 aliphatic rings. The molecule has 20 heavy (non-hydrogen) atoms. The Morgan fingerprint density at radius 1 is 1.20 bits per heavy atom. The Labute approximate surface area is 124 Å². The van der Waals surface area contributed by atoms with E-state index in [0.717, 1.165) is 12.8 Å². The molecule has 0 saturated carbocycles. The van der Waals surface area contributed by atoms with Crippen LogP contribution in [0.4, 0.5) is 0 Å². The van der Waals surface area contributed by atoms with Gasteiger partial charge in [-0.15, -0.1) is 0 Å². The van der Waals surface area contributed by atoms with E-state index in [1.165, 1.54) is 0 Å². The maximum absolute atomic E-state index is 13.5. The third kappa shape index (κ3) is 4.32. The lowest BCUT2D eigenvalue weighted by atomic mass is 9.99. The van der Waals surface area contributed by atoms with Gasteiger partial charge in [0, 0.05) is 25.9 Å². The van der Waals surface area contributed by atoms with Crippen molar-refractivity contribution in [2.24, 2.45) is 5.41 Å². The maximum atomic E-state index is 13.5. The van der Waals surface area contributed by atoms with Crippen LogP contribution in [0.3, 0.4) is 0 Å². The lowest BCUT2D eigenvalue weighted by Gasteiger charge is -2.41. The summed E-state index contributed by atoms with van der Waals surface area (Å²) in [6.07, 6.45) is 1.59. The van der Waals surface area contributed by atoms with E-state index >= 15 is 0 Å². The van der Waals surface area contributed by atoms with Gasteiger partial charge in [-0.2, -0.15) is 0 Å². The van der Waals surface area contributed by atoms with Crippen LogP contribution in [0.1, 0.15) is 54.4 Å². The molecule has 1 fully saturated rings. The van der Waals surface area contributed by atoms with Gasteiger partial charge in [0.25, 0.3) is 7.52 Å². The van der Waals surface area contributed by atoms with Crippen LogP contribution in [0.25, 0.3) is 4.85 Å². The van der Waals surface area contributed by atoms with Crippen LogP contribution >= 0.6 is 7.52 Å². The van der Waals surface area contributed by atoms with Crippen molar-refractivity contribution < 1.29 is 9.09 Å². The summed E-state index contributed by atoms with van der Waals surface area (Å²) in [6.45, 7) is 21.2. The first-order valence-electron chi connectivity index (χ1n) is 7.36. The van der Waals surface area contributed by atoms with Crippen LogP contribution < -0.4 is 0 Å². The first kappa shape index (κ1) is 17.7. The molecule has 0 bridgehead atoms. The molecule has 1 saturated heterocycles. The molecule has 116 valence electrons. The number of piperidine rings is 1. The zero-order valence-corrected chi connectivity index (χ0v) is 14.7. The third-order valence-corrected chi connectivity index (χ3v) is 6.84. The van der Waals surface area contributed by atoms with Crippen LogP contribution in [0.5, 0.6) is 0 Å². The van der Waals surface area contributed by atoms with E-state index in [2.05, 4.69) is 25.6 Å². The van der Waals surface area contributed by atoms with E-state index in [9.17, 15) is 4.57 Å². The molecule has 0 aliphatic carbocycles. The normalized spacial score (nSPS) is 22.2. The third-order valence-electron chi connectivity index (χ3n) is 3.52. The summed E-state index contributed by atoms with van der Waals surface area (Å²) in [4.78, 5) is 3.60. The molecule has 5 heteroatoms. The average Bonchev–Trinajstić information content (AvgIpc) is 2.34. The molecule has 1 atom stereocenters. The Morgan fingerprint density at radius 2 is 1.70 bits per heavy atom. The van der Waals surface area contributed by atoms with Crippen molar-refractivity contribution in [3.05, 3.63) is 11.4 Å². The van der Waals surface area contributed by atoms with Crippen LogP contribution in [-0.2, 0) is 9.09 Å². The summed E-state index contributed by atoms with van der Waals surface area (Å²) in [5.41, 5.74) is -0.00422. The van der Waals surface area contributed by atoms with Gasteiger partial charge in [0.1, 0.15) is 0 Å². The predicted molar refractivity (Wildman–Crippen MR) is 84.0 cm³/mol. The fourth-order valence-electron chi connectivity index (χ4n) is 2.23.